The Kier molecular flexibility index (Phi) is 4.77. The molecule has 2 aromatic heterocycles. The maximum absolute atomic E-state index is 13.6. The van der Waals surface area contributed by atoms with Crippen molar-refractivity contribution in [2.75, 3.05) is 0 Å². The zero-order valence-electron chi connectivity index (χ0n) is 14.9. The van der Waals surface area contributed by atoms with Crippen molar-refractivity contribution in [3.63, 3.8) is 0 Å². The van der Waals surface area contributed by atoms with Crippen LogP contribution in [-0.4, -0.2) is 10.5 Å². The molecular weight excluding hydrogens is 359 g/mol. The Bertz CT molecular complexity index is 1110. The molecule has 1 amide bonds. The van der Waals surface area contributed by atoms with Crippen LogP contribution in [0.4, 0.5) is 4.39 Å². The van der Waals surface area contributed by atoms with E-state index in [2.05, 4.69) is 11.4 Å². The first-order valence-electron chi connectivity index (χ1n) is 8.75. The molecule has 2 heterocycles. The molecule has 0 unspecified atom stereocenters. The van der Waals surface area contributed by atoms with E-state index < -0.39 is 0 Å². The van der Waals surface area contributed by atoms with E-state index >= 15 is 0 Å². The van der Waals surface area contributed by atoms with Gasteiger partial charge in [-0.2, -0.15) is 0 Å². The average molecular weight is 378 g/mol. The zero-order chi connectivity index (χ0) is 18.8. The molecule has 0 atom stereocenters. The summed E-state index contributed by atoms with van der Waals surface area (Å²) in [7, 11) is 0. The zero-order valence-corrected chi connectivity index (χ0v) is 15.7. The second-order valence-electron chi connectivity index (χ2n) is 6.59. The number of nitrogens with zero attached hydrogens (tertiary/aromatic N) is 1. The predicted octanol–water partition coefficient (Wildman–Crippen LogP) is 5.13. The lowest BCUT2D eigenvalue weighted by Gasteiger charge is -2.11. The molecule has 2 aromatic carbocycles. The van der Waals surface area contributed by atoms with E-state index in [1.54, 1.807) is 17.4 Å². The molecule has 3 nitrogen and oxygen atoms in total. The fourth-order valence-electron chi connectivity index (χ4n) is 3.25. The summed E-state index contributed by atoms with van der Waals surface area (Å²) >= 11 is 1.59. The maximum atomic E-state index is 13.6. The quantitative estimate of drug-likeness (QED) is 0.513. The molecule has 0 saturated carbocycles. The van der Waals surface area contributed by atoms with Crippen LogP contribution in [0.5, 0.6) is 0 Å². The van der Waals surface area contributed by atoms with Gasteiger partial charge in [-0.25, -0.2) is 4.39 Å². The van der Waals surface area contributed by atoms with Crippen molar-refractivity contribution < 1.29 is 9.18 Å². The van der Waals surface area contributed by atoms with Crippen molar-refractivity contribution in [3.05, 3.63) is 94.2 Å². The van der Waals surface area contributed by atoms with Crippen molar-refractivity contribution in [3.8, 4) is 0 Å². The highest BCUT2D eigenvalue weighted by atomic mass is 32.1. The smallest absolute Gasteiger partial charge is 0.268 e. The van der Waals surface area contributed by atoms with E-state index in [0.717, 1.165) is 26.9 Å². The van der Waals surface area contributed by atoms with Crippen LogP contribution in [0, 0.1) is 12.7 Å². The number of carbonyl (C=O) groups excluding carboxylic acids is 1. The number of carbonyl (C=O) groups is 1. The standard InChI is InChI=1S/C22H19FN2OS/c1-15-4-2-5-16(10-15)13-24-22(26)20-12-21-19(8-9-27-21)25(20)14-17-6-3-7-18(23)11-17/h2-12H,13-14H2,1H3,(H,24,26). The monoisotopic (exact) mass is 378 g/mol. The third-order valence-electron chi connectivity index (χ3n) is 4.52. The Balaban J connectivity index is 1.61. The normalized spacial score (nSPS) is 11.0. The third kappa shape index (κ3) is 3.78. The van der Waals surface area contributed by atoms with E-state index in [0.29, 0.717) is 18.8 Å². The summed E-state index contributed by atoms with van der Waals surface area (Å²) in [6, 6.07) is 18.5. The number of amides is 1. The number of hydrogen-bond acceptors (Lipinski definition) is 2. The van der Waals surface area contributed by atoms with Gasteiger partial charge in [0.25, 0.3) is 5.91 Å². The van der Waals surface area contributed by atoms with Crippen LogP contribution in [0.2, 0.25) is 0 Å². The van der Waals surface area contributed by atoms with Crippen molar-refractivity contribution >= 4 is 27.5 Å². The highest BCUT2D eigenvalue weighted by Crippen LogP contribution is 2.26. The fourth-order valence-corrected chi connectivity index (χ4v) is 4.07. The SMILES string of the molecule is Cc1cccc(CNC(=O)c2cc3sccc3n2Cc2cccc(F)c2)c1. The van der Waals surface area contributed by atoms with Crippen molar-refractivity contribution in [1.29, 1.82) is 0 Å². The first kappa shape index (κ1) is 17.5. The number of halogens is 1. The van der Waals surface area contributed by atoms with Gasteiger partial charge in [-0.05, 0) is 47.7 Å². The van der Waals surface area contributed by atoms with E-state index in [-0.39, 0.29) is 11.7 Å². The van der Waals surface area contributed by atoms with Crippen LogP contribution < -0.4 is 5.32 Å². The predicted molar refractivity (Wildman–Crippen MR) is 108 cm³/mol. The molecule has 27 heavy (non-hydrogen) atoms. The summed E-state index contributed by atoms with van der Waals surface area (Å²) in [4.78, 5) is 12.8. The van der Waals surface area contributed by atoms with Crippen LogP contribution in [0.3, 0.4) is 0 Å². The van der Waals surface area contributed by atoms with Gasteiger partial charge in [0, 0.05) is 13.1 Å². The summed E-state index contributed by atoms with van der Waals surface area (Å²) in [5.74, 6) is -0.400. The van der Waals surface area contributed by atoms with Gasteiger partial charge in [0.1, 0.15) is 11.5 Å². The Morgan fingerprint density at radius 2 is 1.89 bits per heavy atom. The first-order chi connectivity index (χ1) is 13.1. The van der Waals surface area contributed by atoms with Gasteiger partial charge >= 0.3 is 0 Å². The van der Waals surface area contributed by atoms with Crippen LogP contribution >= 0.6 is 11.3 Å². The maximum Gasteiger partial charge on any atom is 0.268 e. The summed E-state index contributed by atoms with van der Waals surface area (Å²) < 4.78 is 16.6. The lowest BCUT2D eigenvalue weighted by Crippen LogP contribution is -2.25. The minimum absolute atomic E-state index is 0.128. The molecular formula is C22H19FN2OS. The molecule has 0 bridgehead atoms. The second kappa shape index (κ2) is 7.37. The Hall–Kier alpha value is -2.92. The van der Waals surface area contributed by atoms with Crippen molar-refractivity contribution in [2.24, 2.45) is 0 Å². The minimum atomic E-state index is -0.272. The lowest BCUT2D eigenvalue weighted by atomic mass is 10.1. The number of hydrogen-bond donors (Lipinski definition) is 1. The van der Waals surface area contributed by atoms with E-state index in [1.807, 2.05) is 53.3 Å². The van der Waals surface area contributed by atoms with Gasteiger partial charge in [-0.3, -0.25) is 4.79 Å². The molecule has 0 fully saturated rings. The van der Waals surface area contributed by atoms with E-state index in [4.69, 9.17) is 0 Å². The summed E-state index contributed by atoms with van der Waals surface area (Å²) in [6.07, 6.45) is 0. The number of benzene rings is 2. The lowest BCUT2D eigenvalue weighted by molar-refractivity contribution is 0.0942. The summed E-state index contributed by atoms with van der Waals surface area (Å²) in [5.41, 5.74) is 4.63. The highest BCUT2D eigenvalue weighted by Gasteiger charge is 2.16. The van der Waals surface area contributed by atoms with Gasteiger partial charge in [0.2, 0.25) is 0 Å². The topological polar surface area (TPSA) is 34.0 Å². The number of thiophene rings is 1. The Morgan fingerprint density at radius 1 is 1.07 bits per heavy atom. The summed E-state index contributed by atoms with van der Waals surface area (Å²) in [6.45, 7) is 2.95. The van der Waals surface area contributed by atoms with Crippen LogP contribution in [-0.2, 0) is 13.1 Å². The van der Waals surface area contributed by atoms with Crippen molar-refractivity contribution in [1.82, 2.24) is 9.88 Å². The molecule has 0 aliphatic rings. The van der Waals surface area contributed by atoms with Crippen molar-refractivity contribution in [2.45, 2.75) is 20.0 Å². The Morgan fingerprint density at radius 3 is 2.70 bits per heavy atom. The van der Waals surface area contributed by atoms with Crippen LogP contribution in [0.25, 0.3) is 10.2 Å². The molecule has 4 rings (SSSR count). The molecule has 0 aliphatic carbocycles. The number of rotatable bonds is 5. The van der Waals surface area contributed by atoms with Gasteiger partial charge in [0.05, 0.1) is 10.2 Å². The number of fused-ring (bicyclic) bond motifs is 1. The Labute approximate surface area is 161 Å². The molecule has 0 spiro atoms. The first-order valence-corrected chi connectivity index (χ1v) is 9.63. The third-order valence-corrected chi connectivity index (χ3v) is 5.37. The molecule has 0 aliphatic heterocycles. The van der Waals surface area contributed by atoms with E-state index in [1.165, 1.54) is 12.1 Å². The number of aromatic nitrogens is 1. The van der Waals surface area contributed by atoms with Gasteiger partial charge in [-0.1, -0.05) is 42.0 Å². The molecule has 0 radical (unpaired) electrons. The van der Waals surface area contributed by atoms with Crippen LogP contribution in [0.1, 0.15) is 27.2 Å². The van der Waals surface area contributed by atoms with Gasteiger partial charge in [0.15, 0.2) is 0 Å². The average Bonchev–Trinajstić information content (AvgIpc) is 3.23. The molecule has 4 aromatic rings. The van der Waals surface area contributed by atoms with Crippen LogP contribution in [0.15, 0.2) is 66.0 Å². The number of aryl methyl sites for hydroxylation is 1. The highest BCUT2D eigenvalue weighted by molar-refractivity contribution is 7.17. The fraction of sp³-hybridized carbons (Fsp3) is 0.136. The minimum Gasteiger partial charge on any atom is -0.347 e. The largest absolute Gasteiger partial charge is 0.347 e. The van der Waals surface area contributed by atoms with Gasteiger partial charge < -0.3 is 9.88 Å². The second-order valence-corrected chi connectivity index (χ2v) is 7.54. The molecule has 1 N–H and O–H groups in total. The molecule has 136 valence electrons. The molecule has 0 saturated heterocycles. The molecule has 5 heteroatoms. The number of nitrogens with one attached hydrogen (secondary N) is 1. The van der Waals surface area contributed by atoms with E-state index in [9.17, 15) is 9.18 Å². The van der Waals surface area contributed by atoms with Gasteiger partial charge in [-0.15, -0.1) is 11.3 Å². The summed E-state index contributed by atoms with van der Waals surface area (Å²) in [5, 5.41) is 5.00.